The van der Waals surface area contributed by atoms with Crippen LogP contribution in [0.5, 0.6) is 0 Å². The number of halogens is 2. The van der Waals surface area contributed by atoms with E-state index in [0.717, 1.165) is 24.0 Å². The van der Waals surface area contributed by atoms with Gasteiger partial charge >= 0.3 is 5.97 Å². The Morgan fingerprint density at radius 3 is 3.00 bits per heavy atom. The van der Waals surface area contributed by atoms with E-state index in [4.69, 9.17) is 4.74 Å². The van der Waals surface area contributed by atoms with Crippen LogP contribution in [0.3, 0.4) is 0 Å². The molecule has 0 N–H and O–H groups in total. The van der Waals surface area contributed by atoms with Gasteiger partial charge in [-0.25, -0.2) is 9.67 Å². The van der Waals surface area contributed by atoms with Gasteiger partial charge in [0.25, 0.3) is 5.92 Å². The summed E-state index contributed by atoms with van der Waals surface area (Å²) in [4.78, 5) is 15.8. The SMILES string of the molecule is COC(=O)[C@@H]1C[C@@H]1c1cn(Cc2cnc(C(C)(F)F)s2)nn1. The zero-order valence-electron chi connectivity index (χ0n) is 12.0. The van der Waals surface area contributed by atoms with E-state index in [1.165, 1.54) is 13.3 Å². The first kappa shape index (κ1) is 15.0. The maximum atomic E-state index is 13.1. The first-order valence-electron chi connectivity index (χ1n) is 6.69. The Kier molecular flexibility index (Phi) is 3.67. The molecule has 0 aliphatic heterocycles. The quantitative estimate of drug-likeness (QED) is 0.787. The van der Waals surface area contributed by atoms with E-state index in [0.29, 0.717) is 17.8 Å². The van der Waals surface area contributed by atoms with E-state index in [2.05, 4.69) is 15.3 Å². The minimum atomic E-state index is -2.93. The number of nitrogens with zero attached hydrogens (tertiary/aromatic N) is 4. The molecule has 1 fully saturated rings. The van der Waals surface area contributed by atoms with Crippen molar-refractivity contribution in [1.29, 1.82) is 0 Å². The number of carbonyl (C=O) groups excluding carboxylic acids is 1. The van der Waals surface area contributed by atoms with Crippen LogP contribution in [0.1, 0.15) is 34.8 Å². The van der Waals surface area contributed by atoms with Crippen LogP contribution in [0, 0.1) is 5.92 Å². The van der Waals surface area contributed by atoms with Crippen LogP contribution in [0.25, 0.3) is 0 Å². The Hall–Kier alpha value is -1.90. The summed E-state index contributed by atoms with van der Waals surface area (Å²) in [5.74, 6) is -3.28. The lowest BCUT2D eigenvalue weighted by atomic mass is 10.2. The molecule has 2 aromatic rings. The fourth-order valence-electron chi connectivity index (χ4n) is 2.24. The number of hydrogen-bond acceptors (Lipinski definition) is 6. The lowest BCUT2D eigenvalue weighted by Crippen LogP contribution is -2.05. The Bertz CT molecular complexity index is 694. The van der Waals surface area contributed by atoms with Crippen molar-refractivity contribution in [1.82, 2.24) is 20.0 Å². The van der Waals surface area contributed by atoms with Crippen molar-refractivity contribution in [2.75, 3.05) is 7.11 Å². The first-order valence-corrected chi connectivity index (χ1v) is 7.51. The van der Waals surface area contributed by atoms with Gasteiger partial charge in [0.05, 0.1) is 25.3 Å². The van der Waals surface area contributed by atoms with E-state index in [1.807, 2.05) is 0 Å². The van der Waals surface area contributed by atoms with E-state index >= 15 is 0 Å². The average Bonchev–Trinajstić information content (AvgIpc) is 2.89. The number of alkyl halides is 2. The van der Waals surface area contributed by atoms with Crippen molar-refractivity contribution in [2.24, 2.45) is 5.92 Å². The Balaban J connectivity index is 1.65. The van der Waals surface area contributed by atoms with Gasteiger partial charge in [0.1, 0.15) is 0 Å². The number of aromatic nitrogens is 4. The summed E-state index contributed by atoms with van der Waals surface area (Å²) < 4.78 is 32.5. The third-order valence-electron chi connectivity index (χ3n) is 3.48. The van der Waals surface area contributed by atoms with Crippen LogP contribution in [0.4, 0.5) is 8.78 Å². The standard InChI is InChI=1S/C13H14F2N4O2S/c1-13(14,15)12-16-4-7(22-12)5-19-6-10(17-18-19)8-3-9(8)11(20)21-2/h4,6,8-9H,3,5H2,1-2H3/t8-,9+/m0/s1. The molecular weight excluding hydrogens is 314 g/mol. The molecule has 2 aromatic heterocycles. The predicted octanol–water partition coefficient (Wildman–Crippen LogP) is 2.17. The lowest BCUT2D eigenvalue weighted by Gasteiger charge is -2.03. The van der Waals surface area contributed by atoms with Crippen molar-refractivity contribution < 1.29 is 18.3 Å². The second-order valence-corrected chi connectivity index (χ2v) is 6.45. The van der Waals surface area contributed by atoms with Gasteiger partial charge in [0.15, 0.2) is 5.01 Å². The van der Waals surface area contributed by atoms with Gasteiger partial charge in [0, 0.05) is 30.1 Å². The molecule has 3 rings (SSSR count). The second-order valence-electron chi connectivity index (χ2n) is 5.33. The lowest BCUT2D eigenvalue weighted by molar-refractivity contribution is -0.142. The summed E-state index contributed by atoms with van der Waals surface area (Å²) in [5.41, 5.74) is 0.723. The smallest absolute Gasteiger partial charge is 0.309 e. The Morgan fingerprint density at radius 2 is 2.36 bits per heavy atom. The topological polar surface area (TPSA) is 69.9 Å². The summed E-state index contributed by atoms with van der Waals surface area (Å²) in [5, 5.41) is 7.80. The van der Waals surface area contributed by atoms with Gasteiger partial charge in [-0.15, -0.1) is 16.4 Å². The largest absolute Gasteiger partial charge is 0.469 e. The first-order chi connectivity index (χ1) is 10.4. The molecule has 2 atom stereocenters. The molecule has 0 saturated heterocycles. The van der Waals surface area contributed by atoms with E-state index in [9.17, 15) is 13.6 Å². The minimum absolute atomic E-state index is 0.0400. The van der Waals surface area contributed by atoms with Gasteiger partial charge in [0.2, 0.25) is 0 Å². The third kappa shape index (κ3) is 2.99. The fraction of sp³-hybridized carbons (Fsp3) is 0.538. The van der Waals surface area contributed by atoms with Gasteiger partial charge in [-0.2, -0.15) is 8.78 Å². The van der Waals surface area contributed by atoms with Crippen molar-refractivity contribution >= 4 is 17.3 Å². The number of hydrogen-bond donors (Lipinski definition) is 0. The molecule has 9 heteroatoms. The number of thiazole rings is 1. The molecule has 1 aliphatic rings. The highest BCUT2D eigenvalue weighted by atomic mass is 32.1. The number of carbonyl (C=O) groups is 1. The van der Waals surface area contributed by atoms with Crippen LogP contribution in [0.2, 0.25) is 0 Å². The number of methoxy groups -OCH3 is 1. The van der Waals surface area contributed by atoms with Gasteiger partial charge in [-0.05, 0) is 6.42 Å². The summed E-state index contributed by atoms with van der Waals surface area (Å²) in [6.07, 6.45) is 3.86. The summed E-state index contributed by atoms with van der Waals surface area (Å²) in [6, 6.07) is 0. The molecule has 2 heterocycles. The molecule has 118 valence electrons. The zero-order valence-corrected chi connectivity index (χ0v) is 12.8. The molecule has 6 nitrogen and oxygen atoms in total. The number of rotatable bonds is 5. The number of esters is 1. The molecule has 1 aliphatic carbocycles. The molecular formula is C13H14F2N4O2S. The van der Waals surface area contributed by atoms with Crippen LogP contribution >= 0.6 is 11.3 Å². The maximum absolute atomic E-state index is 13.1. The molecule has 0 unspecified atom stereocenters. The molecule has 0 amide bonds. The van der Waals surface area contributed by atoms with Crippen LogP contribution in [-0.2, 0) is 22.0 Å². The summed E-state index contributed by atoms with van der Waals surface area (Å²) in [7, 11) is 1.36. The molecule has 0 spiro atoms. The second kappa shape index (κ2) is 5.38. The van der Waals surface area contributed by atoms with Crippen LogP contribution in [0.15, 0.2) is 12.4 Å². The third-order valence-corrected chi connectivity index (χ3v) is 4.63. The molecule has 0 radical (unpaired) electrons. The normalized spacial score (nSPS) is 20.9. The monoisotopic (exact) mass is 328 g/mol. The highest BCUT2D eigenvalue weighted by Crippen LogP contribution is 2.47. The van der Waals surface area contributed by atoms with Gasteiger partial charge < -0.3 is 4.74 Å². The van der Waals surface area contributed by atoms with Crippen molar-refractivity contribution in [3.8, 4) is 0 Å². The summed E-state index contributed by atoms with van der Waals surface area (Å²) in [6.45, 7) is 1.15. The van der Waals surface area contributed by atoms with E-state index < -0.39 is 5.92 Å². The van der Waals surface area contributed by atoms with Crippen molar-refractivity contribution in [3.63, 3.8) is 0 Å². The van der Waals surface area contributed by atoms with Gasteiger partial charge in [-0.1, -0.05) is 5.21 Å². The van der Waals surface area contributed by atoms with E-state index in [1.54, 1.807) is 10.9 Å². The average molecular weight is 328 g/mol. The minimum Gasteiger partial charge on any atom is -0.469 e. The van der Waals surface area contributed by atoms with E-state index in [-0.39, 0.29) is 22.8 Å². The van der Waals surface area contributed by atoms with Crippen LogP contribution < -0.4 is 0 Å². The summed E-state index contributed by atoms with van der Waals surface area (Å²) >= 11 is 0.953. The van der Waals surface area contributed by atoms with Crippen molar-refractivity contribution in [3.05, 3.63) is 28.0 Å². The number of ether oxygens (including phenoxy) is 1. The Labute approximate surface area is 129 Å². The van der Waals surface area contributed by atoms with Crippen LogP contribution in [-0.4, -0.2) is 33.1 Å². The maximum Gasteiger partial charge on any atom is 0.309 e. The van der Waals surface area contributed by atoms with Crippen molar-refractivity contribution in [2.45, 2.75) is 31.7 Å². The molecule has 1 saturated carbocycles. The predicted molar refractivity (Wildman–Crippen MR) is 73.7 cm³/mol. The highest BCUT2D eigenvalue weighted by molar-refractivity contribution is 7.11. The molecule has 0 aromatic carbocycles. The molecule has 22 heavy (non-hydrogen) atoms. The zero-order chi connectivity index (χ0) is 15.9. The van der Waals surface area contributed by atoms with Gasteiger partial charge in [-0.3, -0.25) is 4.79 Å². The molecule has 0 bridgehead atoms. The fourth-order valence-corrected chi connectivity index (χ4v) is 3.07. The Morgan fingerprint density at radius 1 is 1.59 bits per heavy atom. The highest BCUT2D eigenvalue weighted by Gasteiger charge is 2.46.